The Morgan fingerprint density at radius 1 is 1.00 bits per heavy atom. The molecular weight excluding hydrogens is 479 g/mol. The van der Waals surface area contributed by atoms with Crippen LogP contribution >= 0.6 is 34.8 Å². The third-order valence-electron chi connectivity index (χ3n) is 5.48. The van der Waals surface area contributed by atoms with Gasteiger partial charge in [0.2, 0.25) is 0 Å². The second-order valence-electron chi connectivity index (χ2n) is 7.69. The molecule has 0 aliphatic rings. The summed E-state index contributed by atoms with van der Waals surface area (Å²) in [6.45, 7) is 2.86. The zero-order valence-electron chi connectivity index (χ0n) is 17.6. The number of benzene rings is 3. The molecule has 33 heavy (non-hydrogen) atoms. The largest absolute Gasteiger partial charge is 0.325 e. The van der Waals surface area contributed by atoms with Gasteiger partial charge in [-0.2, -0.15) is 0 Å². The van der Waals surface area contributed by atoms with Gasteiger partial charge in [-0.15, -0.1) is 0 Å². The fourth-order valence-electron chi connectivity index (χ4n) is 4.00. The minimum atomic E-state index is -0.311. The van der Waals surface area contributed by atoms with Gasteiger partial charge in [-0.25, -0.2) is 4.98 Å². The van der Waals surface area contributed by atoms with E-state index in [1.807, 2.05) is 53.2 Å². The maximum absolute atomic E-state index is 13.3. The summed E-state index contributed by atoms with van der Waals surface area (Å²) in [5, 5.41) is 2.28. The number of nitrogens with zero attached hydrogens (tertiary/aromatic N) is 2. The number of hydrogen-bond donors (Lipinski definition) is 2. The van der Waals surface area contributed by atoms with E-state index < -0.39 is 0 Å². The first-order valence-corrected chi connectivity index (χ1v) is 11.6. The highest BCUT2D eigenvalue weighted by molar-refractivity contribution is 6.42. The Morgan fingerprint density at radius 2 is 1.73 bits per heavy atom. The molecule has 0 spiro atoms. The predicted octanol–water partition coefficient (Wildman–Crippen LogP) is 7.13. The van der Waals surface area contributed by atoms with E-state index in [9.17, 15) is 4.79 Å². The quantitative estimate of drug-likeness (QED) is 0.271. The molecular formula is C25H19Cl3N4O. The van der Waals surface area contributed by atoms with Crippen LogP contribution in [0.5, 0.6) is 0 Å². The average Bonchev–Trinajstić information content (AvgIpc) is 3.13. The van der Waals surface area contributed by atoms with Crippen LogP contribution in [0.15, 0.2) is 65.5 Å². The molecule has 5 aromatic rings. The Bertz CT molecular complexity index is 1550. The molecule has 2 aromatic heterocycles. The highest BCUT2D eigenvalue weighted by Gasteiger charge is 2.23. The molecule has 0 radical (unpaired) electrons. The van der Waals surface area contributed by atoms with E-state index in [1.165, 1.54) is 0 Å². The Labute approximate surface area is 204 Å². The van der Waals surface area contributed by atoms with Gasteiger partial charge in [-0.3, -0.25) is 9.47 Å². The van der Waals surface area contributed by atoms with Gasteiger partial charge in [0.15, 0.2) is 0 Å². The first-order chi connectivity index (χ1) is 16.0. The highest BCUT2D eigenvalue weighted by atomic mass is 35.5. The third kappa shape index (κ3) is 3.86. The van der Waals surface area contributed by atoms with Gasteiger partial charge >= 0.3 is 0 Å². The summed E-state index contributed by atoms with van der Waals surface area (Å²) in [6.07, 6.45) is 0.940. The monoisotopic (exact) mass is 496 g/mol. The number of halogens is 3. The van der Waals surface area contributed by atoms with Gasteiger partial charge in [-0.05, 0) is 36.8 Å². The fraction of sp³-hybridized carbons (Fsp3) is 0.120. The summed E-state index contributed by atoms with van der Waals surface area (Å²) in [7, 11) is 0. The van der Waals surface area contributed by atoms with Gasteiger partial charge in [0.05, 0.1) is 32.3 Å². The van der Waals surface area contributed by atoms with Crippen LogP contribution in [0.3, 0.4) is 0 Å². The number of aromatic nitrogens is 3. The molecule has 5 nitrogen and oxygen atoms in total. The fourth-order valence-corrected chi connectivity index (χ4v) is 4.45. The number of para-hydroxylation sites is 1. The van der Waals surface area contributed by atoms with Crippen LogP contribution in [0, 0.1) is 0 Å². The normalized spacial score (nSPS) is 11.4. The van der Waals surface area contributed by atoms with Crippen LogP contribution in [-0.4, -0.2) is 21.2 Å². The molecule has 0 atom stereocenters. The van der Waals surface area contributed by atoms with E-state index in [1.54, 1.807) is 12.1 Å². The number of H-pyrrole nitrogens is 1. The van der Waals surface area contributed by atoms with Crippen LogP contribution < -0.4 is 11.0 Å². The Morgan fingerprint density at radius 3 is 2.48 bits per heavy atom. The van der Waals surface area contributed by atoms with Crippen LogP contribution in [0.25, 0.3) is 44.5 Å². The zero-order chi connectivity index (χ0) is 23.1. The first kappa shape index (κ1) is 21.8. The van der Waals surface area contributed by atoms with E-state index in [2.05, 4.69) is 17.3 Å². The summed E-state index contributed by atoms with van der Waals surface area (Å²) in [4.78, 5) is 20.9. The standard InChI is InChI=1S/C25H19Cl3N4O/c1-2-11-29-32-21-6-4-3-5-16(21)22(24(32)14-7-9-15(26)10-8-14)23-25(33)31-20-13-18(28)17(27)12-19(20)30-23/h3-10,12-13,29H,2,11H2,1H3,(H,31,33). The van der Waals surface area contributed by atoms with Crippen molar-refractivity contribution in [2.75, 3.05) is 12.0 Å². The first-order valence-electron chi connectivity index (χ1n) is 10.5. The number of aromatic amines is 1. The lowest BCUT2D eigenvalue weighted by molar-refractivity contribution is 0.837. The lowest BCUT2D eigenvalue weighted by Crippen LogP contribution is -2.17. The van der Waals surface area contributed by atoms with Crippen LogP contribution in [0.1, 0.15) is 13.3 Å². The van der Waals surface area contributed by atoms with Crippen LogP contribution in [0.4, 0.5) is 0 Å². The Kier molecular flexibility index (Phi) is 5.79. The smallest absolute Gasteiger partial charge is 0.275 e. The van der Waals surface area contributed by atoms with E-state index in [4.69, 9.17) is 39.8 Å². The second-order valence-corrected chi connectivity index (χ2v) is 8.94. The van der Waals surface area contributed by atoms with Crippen molar-refractivity contribution in [3.8, 4) is 22.5 Å². The molecule has 0 saturated carbocycles. The van der Waals surface area contributed by atoms with Crippen LogP contribution in [0.2, 0.25) is 15.1 Å². The molecule has 2 N–H and O–H groups in total. The molecule has 0 aliphatic carbocycles. The summed E-state index contributed by atoms with van der Waals surface area (Å²) < 4.78 is 2.03. The van der Waals surface area contributed by atoms with Gasteiger partial charge in [-0.1, -0.05) is 72.1 Å². The molecule has 0 bridgehead atoms. The Balaban J connectivity index is 1.89. The van der Waals surface area contributed by atoms with Crippen molar-refractivity contribution < 1.29 is 0 Å². The molecule has 3 aromatic carbocycles. The van der Waals surface area contributed by atoms with Gasteiger partial charge < -0.3 is 10.4 Å². The molecule has 2 heterocycles. The lowest BCUT2D eigenvalue weighted by Gasteiger charge is -2.14. The summed E-state index contributed by atoms with van der Waals surface area (Å²) >= 11 is 18.5. The summed E-state index contributed by atoms with van der Waals surface area (Å²) in [5.41, 5.74) is 7.98. The van der Waals surface area contributed by atoms with Gasteiger partial charge in [0.1, 0.15) is 5.69 Å². The highest BCUT2D eigenvalue weighted by Crippen LogP contribution is 2.39. The average molecular weight is 498 g/mol. The molecule has 0 unspecified atom stereocenters. The van der Waals surface area contributed by atoms with E-state index >= 15 is 0 Å². The minimum absolute atomic E-state index is 0.305. The van der Waals surface area contributed by atoms with Crippen molar-refractivity contribution in [2.45, 2.75) is 13.3 Å². The molecule has 0 saturated heterocycles. The van der Waals surface area contributed by atoms with Crippen molar-refractivity contribution >= 4 is 56.7 Å². The van der Waals surface area contributed by atoms with Gasteiger partial charge in [0.25, 0.3) is 5.56 Å². The topological polar surface area (TPSA) is 62.7 Å². The predicted molar refractivity (Wildman–Crippen MR) is 138 cm³/mol. The molecule has 5 rings (SSSR count). The van der Waals surface area contributed by atoms with Crippen molar-refractivity contribution in [2.24, 2.45) is 0 Å². The van der Waals surface area contributed by atoms with E-state index in [0.29, 0.717) is 31.8 Å². The Hall–Kier alpha value is -2.99. The van der Waals surface area contributed by atoms with Crippen LogP contribution in [-0.2, 0) is 0 Å². The number of fused-ring (bicyclic) bond motifs is 2. The molecule has 0 amide bonds. The van der Waals surface area contributed by atoms with Gasteiger partial charge in [0, 0.05) is 28.1 Å². The summed E-state index contributed by atoms with van der Waals surface area (Å²) in [6, 6.07) is 18.8. The molecule has 166 valence electrons. The van der Waals surface area contributed by atoms with Crippen molar-refractivity contribution in [1.82, 2.24) is 14.6 Å². The maximum Gasteiger partial charge on any atom is 0.275 e. The number of hydrogen-bond acceptors (Lipinski definition) is 3. The minimum Gasteiger partial charge on any atom is -0.325 e. The molecule has 0 aliphatic heterocycles. The second kappa shape index (κ2) is 8.75. The van der Waals surface area contributed by atoms with Crippen molar-refractivity contribution in [3.63, 3.8) is 0 Å². The maximum atomic E-state index is 13.3. The van der Waals surface area contributed by atoms with Crippen molar-refractivity contribution in [1.29, 1.82) is 0 Å². The molecule has 8 heteroatoms. The number of rotatable bonds is 5. The lowest BCUT2D eigenvalue weighted by atomic mass is 10.0. The van der Waals surface area contributed by atoms with E-state index in [-0.39, 0.29) is 5.56 Å². The van der Waals surface area contributed by atoms with E-state index in [0.717, 1.165) is 40.7 Å². The SMILES string of the molecule is CCCNn1c(-c2ccc(Cl)cc2)c(-c2nc3cc(Cl)c(Cl)cc3[nH]c2=O)c2ccccc21. The number of nitrogens with one attached hydrogen (secondary N) is 2. The molecule has 0 fully saturated rings. The summed E-state index contributed by atoms with van der Waals surface area (Å²) in [5.74, 6) is 0. The van der Waals surface area contributed by atoms with Crippen molar-refractivity contribution in [3.05, 3.63) is 86.1 Å². The third-order valence-corrected chi connectivity index (χ3v) is 6.46. The zero-order valence-corrected chi connectivity index (χ0v) is 19.9.